The van der Waals surface area contributed by atoms with Crippen molar-refractivity contribution in [2.24, 2.45) is 0 Å². The molecule has 1 aromatic carbocycles. The van der Waals surface area contributed by atoms with Gasteiger partial charge in [0.25, 0.3) is 0 Å². The van der Waals surface area contributed by atoms with Crippen LogP contribution in [-0.4, -0.2) is 18.1 Å². The number of piperidine rings is 1. The second kappa shape index (κ2) is 6.13. The highest BCUT2D eigenvalue weighted by Crippen LogP contribution is 2.28. The minimum absolute atomic E-state index is 0.555. The van der Waals surface area contributed by atoms with Crippen molar-refractivity contribution in [2.75, 3.05) is 18.0 Å². The first kappa shape index (κ1) is 13.9. The number of anilines is 1. The molecule has 0 bridgehead atoms. The van der Waals surface area contributed by atoms with Gasteiger partial charge in [0.2, 0.25) is 0 Å². The lowest BCUT2D eigenvalue weighted by Crippen LogP contribution is -2.31. The van der Waals surface area contributed by atoms with Crippen molar-refractivity contribution in [2.45, 2.75) is 39.0 Å². The number of aryl methyl sites for hydroxylation is 2. The molecule has 2 heterocycles. The number of hydrogen-bond acceptors (Lipinski definition) is 3. The number of aromatic nitrogens is 1. The van der Waals surface area contributed by atoms with Gasteiger partial charge >= 0.3 is 0 Å². The summed E-state index contributed by atoms with van der Waals surface area (Å²) in [5.74, 6) is 1.10. The highest BCUT2D eigenvalue weighted by molar-refractivity contribution is 5.84. The maximum atomic E-state index is 8.90. The fourth-order valence-corrected chi connectivity index (χ4v) is 3.13. The van der Waals surface area contributed by atoms with Crippen molar-refractivity contribution in [1.82, 2.24) is 4.98 Å². The molecule has 0 N–H and O–H groups in total. The Labute approximate surface area is 126 Å². The van der Waals surface area contributed by atoms with Crippen LogP contribution in [0.1, 0.15) is 36.8 Å². The Balaban J connectivity index is 2.09. The molecule has 3 rings (SSSR count). The highest BCUT2D eigenvalue weighted by atomic mass is 15.2. The van der Waals surface area contributed by atoms with E-state index in [9.17, 15) is 0 Å². The number of nitriles is 1. The van der Waals surface area contributed by atoms with Crippen LogP contribution < -0.4 is 4.90 Å². The van der Waals surface area contributed by atoms with Gasteiger partial charge in [0.1, 0.15) is 5.82 Å². The molecule has 0 aliphatic carbocycles. The van der Waals surface area contributed by atoms with E-state index in [1.807, 2.05) is 0 Å². The van der Waals surface area contributed by atoms with Crippen molar-refractivity contribution in [3.8, 4) is 6.07 Å². The lowest BCUT2D eigenvalue weighted by atomic mass is 10.0. The van der Waals surface area contributed by atoms with Gasteiger partial charge in [0.15, 0.2) is 0 Å². The van der Waals surface area contributed by atoms with E-state index in [1.165, 1.54) is 35.8 Å². The third-order valence-electron chi connectivity index (χ3n) is 4.27. The lowest BCUT2D eigenvalue weighted by Gasteiger charge is -2.30. The summed E-state index contributed by atoms with van der Waals surface area (Å²) in [5.41, 5.74) is 3.54. The number of hydrogen-bond donors (Lipinski definition) is 0. The molecule has 1 fully saturated rings. The summed E-state index contributed by atoms with van der Waals surface area (Å²) >= 11 is 0. The summed E-state index contributed by atoms with van der Waals surface area (Å²) in [6.45, 7) is 4.29. The maximum absolute atomic E-state index is 8.90. The van der Waals surface area contributed by atoms with E-state index >= 15 is 0 Å². The van der Waals surface area contributed by atoms with E-state index in [2.05, 4.69) is 42.2 Å². The third-order valence-corrected chi connectivity index (χ3v) is 4.27. The van der Waals surface area contributed by atoms with Crippen LogP contribution in [0.5, 0.6) is 0 Å². The monoisotopic (exact) mass is 279 g/mol. The first-order valence-electron chi connectivity index (χ1n) is 7.81. The summed E-state index contributed by atoms with van der Waals surface area (Å²) in [6.07, 6.45) is 5.14. The number of fused-ring (bicyclic) bond motifs is 1. The average Bonchev–Trinajstić information content (AvgIpc) is 2.53. The van der Waals surface area contributed by atoms with Crippen LogP contribution in [0.15, 0.2) is 24.3 Å². The number of rotatable bonds is 3. The number of benzene rings is 1. The molecular weight excluding hydrogens is 258 g/mol. The van der Waals surface area contributed by atoms with Gasteiger partial charge in [-0.1, -0.05) is 18.2 Å². The minimum Gasteiger partial charge on any atom is -0.356 e. The van der Waals surface area contributed by atoms with Crippen LogP contribution in [0, 0.1) is 18.3 Å². The van der Waals surface area contributed by atoms with Crippen molar-refractivity contribution < 1.29 is 0 Å². The van der Waals surface area contributed by atoms with Gasteiger partial charge in [0, 0.05) is 24.9 Å². The molecule has 0 atom stereocenters. The molecule has 0 saturated carbocycles. The molecule has 0 spiro atoms. The van der Waals surface area contributed by atoms with Crippen molar-refractivity contribution in [1.29, 1.82) is 5.26 Å². The van der Waals surface area contributed by atoms with E-state index in [1.54, 1.807) is 0 Å². The predicted octanol–water partition coefficient (Wildman–Crippen LogP) is 3.99. The molecule has 0 radical (unpaired) electrons. The Bertz CT molecular complexity index is 679. The fourth-order valence-electron chi connectivity index (χ4n) is 3.13. The molecule has 1 aliphatic heterocycles. The molecule has 108 valence electrons. The lowest BCUT2D eigenvalue weighted by molar-refractivity contribution is 0.572. The highest BCUT2D eigenvalue weighted by Gasteiger charge is 2.17. The Kier molecular flexibility index (Phi) is 4.06. The van der Waals surface area contributed by atoms with Crippen molar-refractivity contribution in [3.63, 3.8) is 0 Å². The normalized spacial score (nSPS) is 15.1. The van der Waals surface area contributed by atoms with E-state index in [0.29, 0.717) is 6.42 Å². The van der Waals surface area contributed by atoms with Gasteiger partial charge in [-0.2, -0.15) is 5.26 Å². The van der Waals surface area contributed by atoms with E-state index in [4.69, 9.17) is 10.2 Å². The molecule has 1 saturated heterocycles. The average molecular weight is 279 g/mol. The molecule has 3 heteroatoms. The third kappa shape index (κ3) is 2.85. The molecular formula is C18H21N3. The molecule has 0 amide bonds. The fraction of sp³-hybridized carbons (Fsp3) is 0.444. The second-order valence-electron chi connectivity index (χ2n) is 5.82. The maximum Gasteiger partial charge on any atom is 0.132 e. The minimum atomic E-state index is 0.555. The second-order valence-corrected chi connectivity index (χ2v) is 5.82. The summed E-state index contributed by atoms with van der Waals surface area (Å²) in [7, 11) is 0. The van der Waals surface area contributed by atoms with Gasteiger partial charge in [-0.15, -0.1) is 0 Å². The molecule has 21 heavy (non-hydrogen) atoms. The van der Waals surface area contributed by atoms with Gasteiger partial charge in [-0.25, -0.2) is 4.98 Å². The topological polar surface area (TPSA) is 39.9 Å². The molecule has 0 unspecified atom stereocenters. The SMILES string of the molecule is Cc1cccc2cc(CCC#N)c(N3CCCCC3)nc12. The van der Waals surface area contributed by atoms with Gasteiger partial charge < -0.3 is 4.90 Å². The zero-order valence-electron chi connectivity index (χ0n) is 12.6. The number of nitrogens with zero attached hydrogens (tertiary/aromatic N) is 3. The van der Waals surface area contributed by atoms with E-state index in [0.717, 1.165) is 30.8 Å². The smallest absolute Gasteiger partial charge is 0.132 e. The zero-order chi connectivity index (χ0) is 14.7. The van der Waals surface area contributed by atoms with Crippen LogP contribution in [0.2, 0.25) is 0 Å². The Hall–Kier alpha value is -2.08. The zero-order valence-corrected chi connectivity index (χ0v) is 12.6. The first-order valence-corrected chi connectivity index (χ1v) is 7.81. The quantitative estimate of drug-likeness (QED) is 0.853. The van der Waals surface area contributed by atoms with Crippen LogP contribution >= 0.6 is 0 Å². The van der Waals surface area contributed by atoms with Gasteiger partial charge in [-0.3, -0.25) is 0 Å². The number of para-hydroxylation sites is 1. The number of pyridine rings is 1. The van der Waals surface area contributed by atoms with Gasteiger partial charge in [0.05, 0.1) is 11.6 Å². The van der Waals surface area contributed by atoms with E-state index in [-0.39, 0.29) is 0 Å². The Morgan fingerprint density at radius 2 is 2.05 bits per heavy atom. The van der Waals surface area contributed by atoms with Crippen molar-refractivity contribution in [3.05, 3.63) is 35.4 Å². The van der Waals surface area contributed by atoms with Crippen LogP contribution in [-0.2, 0) is 6.42 Å². The molecule has 3 nitrogen and oxygen atoms in total. The molecule has 1 aliphatic rings. The summed E-state index contributed by atoms with van der Waals surface area (Å²) in [6, 6.07) is 10.8. The summed E-state index contributed by atoms with van der Waals surface area (Å²) in [4.78, 5) is 7.37. The molecule has 2 aromatic rings. The first-order chi connectivity index (χ1) is 10.3. The Morgan fingerprint density at radius 3 is 2.81 bits per heavy atom. The Morgan fingerprint density at radius 1 is 1.24 bits per heavy atom. The van der Waals surface area contributed by atoms with E-state index < -0.39 is 0 Å². The van der Waals surface area contributed by atoms with Gasteiger partial charge in [-0.05, 0) is 49.8 Å². The predicted molar refractivity (Wildman–Crippen MR) is 86.5 cm³/mol. The standard InChI is InChI=1S/C18H21N3/c1-14-7-5-8-15-13-16(9-6-10-19)18(20-17(14)15)21-11-3-2-4-12-21/h5,7-8,13H,2-4,6,9,11-12H2,1H3. The summed E-state index contributed by atoms with van der Waals surface area (Å²) in [5, 5.41) is 10.1. The van der Waals surface area contributed by atoms with Crippen molar-refractivity contribution >= 4 is 16.7 Å². The van der Waals surface area contributed by atoms with Crippen LogP contribution in [0.3, 0.4) is 0 Å². The largest absolute Gasteiger partial charge is 0.356 e. The summed E-state index contributed by atoms with van der Waals surface area (Å²) < 4.78 is 0. The van der Waals surface area contributed by atoms with Crippen LogP contribution in [0.4, 0.5) is 5.82 Å². The van der Waals surface area contributed by atoms with Crippen LogP contribution in [0.25, 0.3) is 10.9 Å². The molecule has 1 aromatic heterocycles.